The molecule has 0 fully saturated rings. The highest BCUT2D eigenvalue weighted by atomic mass is 16.1. The van der Waals surface area contributed by atoms with E-state index in [1.54, 1.807) is 6.07 Å². The van der Waals surface area contributed by atoms with Gasteiger partial charge in [0, 0.05) is 17.8 Å². The number of fused-ring (bicyclic) bond motifs is 1. The number of aromatic amines is 1. The lowest BCUT2D eigenvalue weighted by Gasteiger charge is -2.28. The van der Waals surface area contributed by atoms with Gasteiger partial charge in [-0.05, 0) is 43.2 Å². The summed E-state index contributed by atoms with van der Waals surface area (Å²) in [6.45, 7) is 7.85. The molecule has 2 N–H and O–H groups in total. The zero-order chi connectivity index (χ0) is 13.1. The minimum atomic E-state index is 0.0185. The number of rotatable bonds is 4. The fourth-order valence-electron chi connectivity index (χ4n) is 2.48. The quantitative estimate of drug-likeness (QED) is 0.860. The van der Waals surface area contributed by atoms with E-state index in [0.717, 1.165) is 25.1 Å². The predicted octanol–water partition coefficient (Wildman–Crippen LogP) is 2.63. The molecule has 18 heavy (non-hydrogen) atoms. The summed E-state index contributed by atoms with van der Waals surface area (Å²) in [4.78, 5) is 14.3. The summed E-state index contributed by atoms with van der Waals surface area (Å²) in [6.07, 6.45) is 3.33. The molecule has 1 aliphatic rings. The summed E-state index contributed by atoms with van der Waals surface area (Å²) in [5, 5.41) is 3.66. The largest absolute Gasteiger partial charge is 0.326 e. The number of aryl methyl sites for hydroxylation is 1. The maximum atomic E-state index is 11.3. The first-order chi connectivity index (χ1) is 8.58. The number of hydrogen-bond donors (Lipinski definition) is 2. The average Bonchev–Trinajstić information content (AvgIpc) is 2.35. The Balaban J connectivity index is 2.06. The molecule has 3 heteroatoms. The van der Waals surface area contributed by atoms with Gasteiger partial charge in [-0.1, -0.05) is 26.8 Å². The highest BCUT2D eigenvalue weighted by molar-refractivity contribution is 5.26. The van der Waals surface area contributed by atoms with Gasteiger partial charge < -0.3 is 10.3 Å². The van der Waals surface area contributed by atoms with Crippen LogP contribution in [-0.4, -0.2) is 11.5 Å². The van der Waals surface area contributed by atoms with Gasteiger partial charge in [-0.3, -0.25) is 4.79 Å². The number of nitrogens with one attached hydrogen (secondary N) is 2. The number of H-pyrrole nitrogens is 1. The Morgan fingerprint density at radius 2 is 2.17 bits per heavy atom. The van der Waals surface area contributed by atoms with E-state index in [9.17, 15) is 4.79 Å². The van der Waals surface area contributed by atoms with Crippen molar-refractivity contribution in [1.29, 1.82) is 0 Å². The van der Waals surface area contributed by atoms with Crippen LogP contribution in [0.2, 0.25) is 0 Å². The van der Waals surface area contributed by atoms with Crippen LogP contribution in [0.15, 0.2) is 16.9 Å². The lowest BCUT2D eigenvalue weighted by molar-refractivity contribution is 0.352. The molecule has 3 nitrogen and oxygen atoms in total. The molecule has 0 bridgehead atoms. The van der Waals surface area contributed by atoms with Gasteiger partial charge in [-0.25, -0.2) is 0 Å². The number of aromatic nitrogens is 1. The van der Waals surface area contributed by atoms with Crippen molar-refractivity contribution in [1.82, 2.24) is 10.3 Å². The van der Waals surface area contributed by atoms with Crippen LogP contribution < -0.4 is 10.9 Å². The molecule has 100 valence electrons. The monoisotopic (exact) mass is 248 g/mol. The van der Waals surface area contributed by atoms with Crippen molar-refractivity contribution in [2.24, 2.45) is 11.8 Å². The molecule has 1 aromatic heterocycles. The van der Waals surface area contributed by atoms with Crippen LogP contribution in [-0.2, 0) is 6.42 Å². The van der Waals surface area contributed by atoms with E-state index in [1.807, 2.05) is 6.07 Å². The van der Waals surface area contributed by atoms with Gasteiger partial charge in [0.15, 0.2) is 0 Å². The third kappa shape index (κ3) is 3.02. The fraction of sp³-hybridized carbons (Fsp3) is 0.667. The van der Waals surface area contributed by atoms with Gasteiger partial charge in [0.25, 0.3) is 0 Å². The topological polar surface area (TPSA) is 44.9 Å². The van der Waals surface area contributed by atoms with Crippen molar-refractivity contribution in [3.63, 3.8) is 0 Å². The molecule has 0 aromatic carbocycles. The number of hydrogen-bond acceptors (Lipinski definition) is 2. The van der Waals surface area contributed by atoms with Crippen LogP contribution in [0.5, 0.6) is 0 Å². The second kappa shape index (κ2) is 5.70. The number of pyridine rings is 1. The average molecular weight is 248 g/mol. The predicted molar refractivity (Wildman–Crippen MR) is 74.7 cm³/mol. The normalized spacial score (nSPS) is 20.8. The highest BCUT2D eigenvalue weighted by Gasteiger charge is 2.21. The van der Waals surface area contributed by atoms with Gasteiger partial charge in [-0.2, -0.15) is 0 Å². The first kappa shape index (κ1) is 13.3. The molecule has 1 heterocycles. The van der Waals surface area contributed by atoms with E-state index >= 15 is 0 Å². The van der Waals surface area contributed by atoms with E-state index in [4.69, 9.17) is 0 Å². The molecule has 2 rings (SSSR count). The first-order valence-electron chi connectivity index (χ1n) is 7.03. The zero-order valence-corrected chi connectivity index (χ0v) is 11.6. The third-order valence-corrected chi connectivity index (χ3v) is 4.16. The summed E-state index contributed by atoms with van der Waals surface area (Å²) in [5.74, 6) is 1.38. The van der Waals surface area contributed by atoms with E-state index in [1.165, 1.54) is 12.0 Å². The Kier molecular flexibility index (Phi) is 4.23. The molecular formula is C15H24N2O. The van der Waals surface area contributed by atoms with Crippen molar-refractivity contribution in [3.8, 4) is 0 Å². The Morgan fingerprint density at radius 1 is 1.39 bits per heavy atom. The van der Waals surface area contributed by atoms with Crippen molar-refractivity contribution >= 4 is 0 Å². The van der Waals surface area contributed by atoms with Crippen LogP contribution in [0, 0.1) is 11.8 Å². The standard InChI is InChI=1S/C15H24N2O/c1-10(2)11(3)9-16-13-5-4-6-14-12(13)7-8-15(18)17-14/h7-8,10-11,13,16H,4-6,9H2,1-3H3,(H,17,18). The zero-order valence-electron chi connectivity index (χ0n) is 11.6. The Bertz CT molecular complexity index is 450. The van der Waals surface area contributed by atoms with E-state index in [0.29, 0.717) is 17.9 Å². The maximum absolute atomic E-state index is 11.3. The van der Waals surface area contributed by atoms with E-state index in [-0.39, 0.29) is 5.56 Å². The first-order valence-corrected chi connectivity index (χ1v) is 7.03. The molecule has 0 amide bonds. The SMILES string of the molecule is CC(C)C(C)CNC1CCCc2[nH]c(=O)ccc21. The van der Waals surface area contributed by atoms with Gasteiger partial charge in [0.2, 0.25) is 5.56 Å². The van der Waals surface area contributed by atoms with Crippen molar-refractivity contribution in [3.05, 3.63) is 33.7 Å². The van der Waals surface area contributed by atoms with Crippen LogP contribution >= 0.6 is 0 Å². The summed E-state index contributed by atoms with van der Waals surface area (Å²) < 4.78 is 0. The summed E-state index contributed by atoms with van der Waals surface area (Å²) in [7, 11) is 0. The Labute approximate surface area is 109 Å². The summed E-state index contributed by atoms with van der Waals surface area (Å²) >= 11 is 0. The van der Waals surface area contributed by atoms with Gasteiger partial charge >= 0.3 is 0 Å². The molecule has 0 saturated heterocycles. The highest BCUT2D eigenvalue weighted by Crippen LogP contribution is 2.27. The lowest BCUT2D eigenvalue weighted by atomic mass is 9.90. The van der Waals surface area contributed by atoms with Crippen LogP contribution in [0.3, 0.4) is 0 Å². The minimum absolute atomic E-state index is 0.0185. The second-order valence-electron chi connectivity index (χ2n) is 5.83. The molecule has 0 saturated carbocycles. The molecular weight excluding hydrogens is 224 g/mol. The van der Waals surface area contributed by atoms with E-state index in [2.05, 4.69) is 31.1 Å². The molecule has 0 spiro atoms. The van der Waals surface area contributed by atoms with E-state index < -0.39 is 0 Å². The summed E-state index contributed by atoms with van der Waals surface area (Å²) in [6, 6.07) is 4.04. The molecule has 0 aliphatic heterocycles. The smallest absolute Gasteiger partial charge is 0.248 e. The van der Waals surface area contributed by atoms with Crippen molar-refractivity contribution < 1.29 is 0 Å². The molecule has 2 unspecified atom stereocenters. The summed E-state index contributed by atoms with van der Waals surface area (Å²) in [5.41, 5.74) is 2.44. The van der Waals surface area contributed by atoms with Crippen molar-refractivity contribution in [2.45, 2.75) is 46.1 Å². The Hall–Kier alpha value is -1.09. The van der Waals surface area contributed by atoms with Gasteiger partial charge in [0.05, 0.1) is 0 Å². The van der Waals surface area contributed by atoms with Crippen LogP contribution in [0.4, 0.5) is 0 Å². The molecule has 1 aromatic rings. The van der Waals surface area contributed by atoms with Crippen molar-refractivity contribution in [2.75, 3.05) is 6.54 Å². The second-order valence-corrected chi connectivity index (χ2v) is 5.83. The van der Waals surface area contributed by atoms with Gasteiger partial charge in [-0.15, -0.1) is 0 Å². The third-order valence-electron chi connectivity index (χ3n) is 4.16. The maximum Gasteiger partial charge on any atom is 0.248 e. The van der Waals surface area contributed by atoms with Gasteiger partial charge in [0.1, 0.15) is 0 Å². The Morgan fingerprint density at radius 3 is 2.89 bits per heavy atom. The fourth-order valence-corrected chi connectivity index (χ4v) is 2.48. The molecule has 1 aliphatic carbocycles. The molecule has 0 radical (unpaired) electrons. The minimum Gasteiger partial charge on any atom is -0.326 e. The van der Waals surface area contributed by atoms with Crippen LogP contribution in [0.25, 0.3) is 0 Å². The van der Waals surface area contributed by atoms with Crippen LogP contribution in [0.1, 0.15) is 50.9 Å². The lowest BCUT2D eigenvalue weighted by Crippen LogP contribution is -2.31. The molecule has 2 atom stereocenters.